The van der Waals surface area contributed by atoms with Crippen LogP contribution in [0.2, 0.25) is 0 Å². The zero-order valence-electron chi connectivity index (χ0n) is 11.5. The van der Waals surface area contributed by atoms with Crippen molar-refractivity contribution in [2.75, 3.05) is 0 Å². The van der Waals surface area contributed by atoms with E-state index in [1.807, 2.05) is 0 Å². The van der Waals surface area contributed by atoms with Crippen molar-refractivity contribution < 1.29 is 0 Å². The van der Waals surface area contributed by atoms with Gasteiger partial charge in [0.25, 0.3) is 0 Å². The van der Waals surface area contributed by atoms with Crippen LogP contribution < -0.4 is 5.32 Å². The summed E-state index contributed by atoms with van der Waals surface area (Å²) in [7, 11) is 0. The van der Waals surface area contributed by atoms with Crippen molar-refractivity contribution >= 4 is 0 Å². The zero-order valence-corrected chi connectivity index (χ0v) is 11.5. The number of benzene rings is 1. The van der Waals surface area contributed by atoms with Gasteiger partial charge in [0, 0.05) is 12.1 Å². The minimum absolute atomic E-state index is 0.612. The van der Waals surface area contributed by atoms with Crippen LogP contribution in [0, 0.1) is 5.92 Å². The van der Waals surface area contributed by atoms with E-state index in [1.54, 1.807) is 11.1 Å². The highest BCUT2D eigenvalue weighted by Gasteiger charge is 2.26. The maximum atomic E-state index is 3.96. The lowest BCUT2D eigenvalue weighted by Gasteiger charge is -2.35. The zero-order chi connectivity index (χ0) is 12.4. The summed E-state index contributed by atoms with van der Waals surface area (Å²) in [6.45, 7) is 2.42. The average Bonchev–Trinajstić information content (AvgIpc) is 2.42. The molecule has 1 saturated carbocycles. The lowest BCUT2D eigenvalue weighted by Crippen LogP contribution is -2.40. The van der Waals surface area contributed by atoms with Crippen LogP contribution in [-0.2, 0) is 6.42 Å². The van der Waals surface area contributed by atoms with Gasteiger partial charge >= 0.3 is 0 Å². The Labute approximate surface area is 111 Å². The van der Waals surface area contributed by atoms with Crippen molar-refractivity contribution in [2.45, 2.75) is 64.0 Å². The maximum Gasteiger partial charge on any atom is 0.0325 e. The fourth-order valence-corrected chi connectivity index (χ4v) is 3.75. The molecule has 1 nitrogen and oxygen atoms in total. The van der Waals surface area contributed by atoms with Gasteiger partial charge in [-0.25, -0.2) is 0 Å². The van der Waals surface area contributed by atoms with Crippen molar-refractivity contribution in [3.63, 3.8) is 0 Å². The van der Waals surface area contributed by atoms with Gasteiger partial charge in [0.05, 0.1) is 0 Å². The molecule has 3 unspecified atom stereocenters. The van der Waals surface area contributed by atoms with E-state index in [0.717, 1.165) is 12.0 Å². The summed E-state index contributed by atoms with van der Waals surface area (Å²) < 4.78 is 0. The quantitative estimate of drug-likeness (QED) is 0.819. The number of fused-ring (bicyclic) bond motifs is 1. The molecule has 0 amide bonds. The van der Waals surface area contributed by atoms with Crippen molar-refractivity contribution in [2.24, 2.45) is 5.92 Å². The van der Waals surface area contributed by atoms with Crippen molar-refractivity contribution in [1.82, 2.24) is 5.32 Å². The number of hydrogen-bond donors (Lipinski definition) is 1. The highest BCUT2D eigenvalue weighted by Crippen LogP contribution is 2.32. The second kappa shape index (κ2) is 5.44. The van der Waals surface area contributed by atoms with Gasteiger partial charge in [0.1, 0.15) is 0 Å². The molecule has 1 fully saturated rings. The summed E-state index contributed by atoms with van der Waals surface area (Å²) in [4.78, 5) is 0. The summed E-state index contributed by atoms with van der Waals surface area (Å²) in [6.07, 6.45) is 9.56. The fourth-order valence-electron chi connectivity index (χ4n) is 3.75. The van der Waals surface area contributed by atoms with Crippen LogP contribution in [0.25, 0.3) is 0 Å². The van der Waals surface area contributed by atoms with Gasteiger partial charge in [-0.05, 0) is 49.1 Å². The van der Waals surface area contributed by atoms with Gasteiger partial charge < -0.3 is 5.32 Å². The van der Waals surface area contributed by atoms with Crippen LogP contribution in [0.3, 0.4) is 0 Å². The third kappa shape index (κ3) is 2.47. The lowest BCUT2D eigenvalue weighted by atomic mass is 9.82. The summed E-state index contributed by atoms with van der Waals surface area (Å²) in [5.74, 6) is 0.854. The molecule has 0 heterocycles. The first-order valence-electron chi connectivity index (χ1n) is 7.68. The Morgan fingerprint density at radius 3 is 2.72 bits per heavy atom. The summed E-state index contributed by atoms with van der Waals surface area (Å²) >= 11 is 0. The van der Waals surface area contributed by atoms with Crippen LogP contribution >= 0.6 is 0 Å². The third-order valence-electron chi connectivity index (χ3n) is 4.90. The Morgan fingerprint density at radius 1 is 1.00 bits per heavy atom. The predicted molar refractivity (Wildman–Crippen MR) is 76.7 cm³/mol. The third-order valence-corrected chi connectivity index (χ3v) is 4.90. The minimum atomic E-state index is 0.612. The molecular weight excluding hydrogens is 218 g/mol. The number of aryl methyl sites for hydroxylation is 1. The molecule has 0 aliphatic heterocycles. The summed E-state index contributed by atoms with van der Waals surface area (Å²) in [5.41, 5.74) is 3.14. The van der Waals surface area contributed by atoms with Crippen molar-refractivity contribution in [1.29, 1.82) is 0 Å². The molecule has 0 saturated heterocycles. The van der Waals surface area contributed by atoms with Crippen molar-refractivity contribution in [3.05, 3.63) is 35.4 Å². The van der Waals surface area contributed by atoms with E-state index in [9.17, 15) is 0 Å². The highest BCUT2D eigenvalue weighted by molar-refractivity contribution is 5.32. The van der Waals surface area contributed by atoms with Gasteiger partial charge in [-0.2, -0.15) is 0 Å². The van der Waals surface area contributed by atoms with Crippen LogP contribution in [-0.4, -0.2) is 6.04 Å². The Hall–Kier alpha value is -0.820. The molecule has 1 aromatic carbocycles. The molecule has 0 bridgehead atoms. The molecule has 98 valence electrons. The SMILES string of the molecule is CC1CCCCC1NC1CCCc2ccccc21. The molecule has 0 spiro atoms. The molecule has 18 heavy (non-hydrogen) atoms. The van der Waals surface area contributed by atoms with Crippen LogP contribution in [0.1, 0.15) is 62.6 Å². The number of rotatable bonds is 2. The second-order valence-corrected chi connectivity index (χ2v) is 6.18. The Bertz CT molecular complexity index is 398. The molecule has 0 aromatic heterocycles. The van der Waals surface area contributed by atoms with E-state index in [1.165, 1.54) is 44.9 Å². The first-order chi connectivity index (χ1) is 8.84. The molecule has 1 heteroatoms. The Balaban J connectivity index is 1.73. The average molecular weight is 243 g/mol. The molecule has 3 atom stereocenters. The van der Waals surface area contributed by atoms with E-state index < -0.39 is 0 Å². The first-order valence-corrected chi connectivity index (χ1v) is 7.68. The van der Waals surface area contributed by atoms with Gasteiger partial charge in [0.15, 0.2) is 0 Å². The standard InChI is InChI=1S/C17H25N/c1-13-7-2-5-11-16(13)18-17-12-6-9-14-8-3-4-10-15(14)17/h3-4,8,10,13,16-18H,2,5-7,9,11-12H2,1H3. The molecule has 1 aromatic rings. The topological polar surface area (TPSA) is 12.0 Å². The van der Waals surface area contributed by atoms with E-state index in [4.69, 9.17) is 0 Å². The molecule has 2 aliphatic rings. The molecule has 2 aliphatic carbocycles. The van der Waals surface area contributed by atoms with Gasteiger partial charge in [-0.15, -0.1) is 0 Å². The smallest absolute Gasteiger partial charge is 0.0325 e. The van der Waals surface area contributed by atoms with Crippen LogP contribution in [0.5, 0.6) is 0 Å². The summed E-state index contributed by atoms with van der Waals surface area (Å²) in [5, 5.41) is 3.96. The van der Waals surface area contributed by atoms with Crippen LogP contribution in [0.15, 0.2) is 24.3 Å². The number of hydrogen-bond acceptors (Lipinski definition) is 1. The van der Waals surface area contributed by atoms with E-state index >= 15 is 0 Å². The largest absolute Gasteiger partial charge is 0.307 e. The van der Waals surface area contributed by atoms with Crippen molar-refractivity contribution in [3.8, 4) is 0 Å². The molecule has 1 N–H and O–H groups in total. The summed E-state index contributed by atoms with van der Waals surface area (Å²) in [6, 6.07) is 10.4. The molecule has 3 rings (SSSR count). The van der Waals surface area contributed by atoms with Gasteiger partial charge in [-0.1, -0.05) is 44.0 Å². The predicted octanol–water partition coefficient (Wildman–Crippen LogP) is 4.23. The first kappa shape index (κ1) is 12.2. The Morgan fingerprint density at radius 2 is 1.83 bits per heavy atom. The lowest BCUT2D eigenvalue weighted by molar-refractivity contribution is 0.249. The van der Waals surface area contributed by atoms with E-state index in [-0.39, 0.29) is 0 Å². The molecule has 0 radical (unpaired) electrons. The van der Waals surface area contributed by atoms with E-state index in [2.05, 4.69) is 36.5 Å². The molecular formula is C17H25N. The van der Waals surface area contributed by atoms with Gasteiger partial charge in [0.2, 0.25) is 0 Å². The monoisotopic (exact) mass is 243 g/mol. The van der Waals surface area contributed by atoms with Crippen LogP contribution in [0.4, 0.5) is 0 Å². The number of nitrogens with one attached hydrogen (secondary N) is 1. The minimum Gasteiger partial charge on any atom is -0.307 e. The highest BCUT2D eigenvalue weighted by atomic mass is 15.0. The maximum absolute atomic E-state index is 3.96. The fraction of sp³-hybridized carbons (Fsp3) is 0.647. The Kier molecular flexibility index (Phi) is 3.69. The van der Waals surface area contributed by atoms with E-state index in [0.29, 0.717) is 6.04 Å². The second-order valence-electron chi connectivity index (χ2n) is 6.18. The normalized spacial score (nSPS) is 31.9. The van der Waals surface area contributed by atoms with Gasteiger partial charge in [-0.3, -0.25) is 0 Å².